The minimum Gasteiger partial charge on any atom is -0.381 e. The number of amides is 2. The Labute approximate surface area is 154 Å². The van der Waals surface area contributed by atoms with E-state index in [0.29, 0.717) is 18.7 Å². The van der Waals surface area contributed by atoms with Crippen LogP contribution in [0.15, 0.2) is 24.3 Å². The maximum absolute atomic E-state index is 12.9. The monoisotopic (exact) mass is 357 g/mol. The quantitative estimate of drug-likeness (QED) is 0.852. The van der Waals surface area contributed by atoms with Crippen molar-refractivity contribution in [2.24, 2.45) is 5.92 Å². The van der Waals surface area contributed by atoms with Crippen molar-refractivity contribution >= 4 is 17.5 Å². The number of nitrogens with zero attached hydrogens (tertiary/aromatic N) is 1. The first-order valence-electron chi connectivity index (χ1n) is 9.61. The Bertz CT molecular complexity index is 697. The Morgan fingerprint density at radius 1 is 1.19 bits per heavy atom. The van der Waals surface area contributed by atoms with Gasteiger partial charge in [0.15, 0.2) is 0 Å². The lowest BCUT2D eigenvalue weighted by Gasteiger charge is -2.46. The van der Waals surface area contributed by atoms with Gasteiger partial charge >= 0.3 is 0 Å². The zero-order valence-corrected chi connectivity index (χ0v) is 15.3. The van der Waals surface area contributed by atoms with E-state index in [1.165, 1.54) is 0 Å². The van der Waals surface area contributed by atoms with Crippen LogP contribution in [0.3, 0.4) is 0 Å². The minimum atomic E-state index is -0.441. The highest BCUT2D eigenvalue weighted by atomic mass is 16.5. The fourth-order valence-corrected chi connectivity index (χ4v) is 4.56. The van der Waals surface area contributed by atoms with Crippen molar-refractivity contribution in [2.45, 2.75) is 50.3 Å². The van der Waals surface area contributed by atoms with Gasteiger partial charge in [-0.25, -0.2) is 0 Å². The van der Waals surface area contributed by atoms with Crippen LogP contribution in [0.5, 0.6) is 0 Å². The average Bonchev–Trinajstić information content (AvgIpc) is 2.68. The number of rotatable bonds is 2. The number of piperidine rings is 1. The van der Waals surface area contributed by atoms with Gasteiger partial charge in [0.05, 0.1) is 11.7 Å². The van der Waals surface area contributed by atoms with E-state index in [0.717, 1.165) is 44.2 Å². The van der Waals surface area contributed by atoms with Gasteiger partial charge in [-0.05, 0) is 31.4 Å². The van der Waals surface area contributed by atoms with E-state index in [9.17, 15) is 9.59 Å². The molecule has 1 aromatic rings. The van der Waals surface area contributed by atoms with Gasteiger partial charge in [-0.15, -0.1) is 0 Å². The summed E-state index contributed by atoms with van der Waals surface area (Å²) in [6.45, 7) is 1.34. The molecule has 26 heavy (non-hydrogen) atoms. The number of methoxy groups -OCH3 is 1. The van der Waals surface area contributed by atoms with Crippen LogP contribution >= 0.6 is 0 Å². The van der Waals surface area contributed by atoms with Crippen molar-refractivity contribution in [1.82, 2.24) is 10.2 Å². The maximum atomic E-state index is 12.9. The molecule has 6 nitrogen and oxygen atoms in total. The third-order valence-electron chi connectivity index (χ3n) is 6.14. The van der Waals surface area contributed by atoms with Gasteiger partial charge in [0.25, 0.3) is 5.91 Å². The second kappa shape index (κ2) is 6.91. The molecule has 2 heterocycles. The van der Waals surface area contributed by atoms with Gasteiger partial charge in [-0.3, -0.25) is 9.59 Å². The fourth-order valence-electron chi connectivity index (χ4n) is 4.56. The zero-order chi connectivity index (χ0) is 18.1. The molecule has 3 aliphatic rings. The molecule has 6 heteroatoms. The van der Waals surface area contributed by atoms with Crippen LogP contribution in [0.2, 0.25) is 0 Å². The van der Waals surface area contributed by atoms with E-state index in [-0.39, 0.29) is 23.8 Å². The molecule has 4 rings (SSSR count). The molecule has 1 aliphatic carbocycles. The van der Waals surface area contributed by atoms with Crippen LogP contribution in [-0.4, -0.2) is 48.7 Å². The van der Waals surface area contributed by atoms with E-state index >= 15 is 0 Å². The Kier molecular flexibility index (Phi) is 4.61. The van der Waals surface area contributed by atoms with Gasteiger partial charge in [-0.2, -0.15) is 0 Å². The molecule has 0 unspecified atom stereocenters. The summed E-state index contributed by atoms with van der Waals surface area (Å²) in [6, 6.07) is 7.58. The van der Waals surface area contributed by atoms with Crippen LogP contribution < -0.4 is 10.6 Å². The number of ether oxygens (including phenoxy) is 1. The van der Waals surface area contributed by atoms with Crippen LogP contribution in [0.1, 0.15) is 48.9 Å². The van der Waals surface area contributed by atoms with E-state index in [1.54, 1.807) is 7.11 Å². The third-order valence-corrected chi connectivity index (χ3v) is 6.14. The molecule has 1 aromatic carbocycles. The second-order valence-electron chi connectivity index (χ2n) is 7.75. The Balaban J connectivity index is 1.40. The largest absolute Gasteiger partial charge is 0.381 e. The molecule has 1 spiro atoms. The Morgan fingerprint density at radius 2 is 1.96 bits per heavy atom. The lowest BCUT2D eigenvalue weighted by Crippen LogP contribution is -2.63. The summed E-state index contributed by atoms with van der Waals surface area (Å²) in [6.07, 6.45) is 5.56. The number of likely N-dealkylation sites (tertiary alicyclic amines) is 1. The van der Waals surface area contributed by atoms with Crippen LogP contribution in [0.4, 0.5) is 5.69 Å². The molecular weight excluding hydrogens is 330 g/mol. The Morgan fingerprint density at radius 3 is 2.73 bits per heavy atom. The normalized spacial score (nSPS) is 27.4. The molecule has 140 valence electrons. The van der Waals surface area contributed by atoms with Crippen molar-refractivity contribution < 1.29 is 14.3 Å². The second-order valence-corrected chi connectivity index (χ2v) is 7.75. The lowest BCUT2D eigenvalue weighted by atomic mass is 9.85. The highest BCUT2D eigenvalue weighted by Gasteiger charge is 2.42. The fraction of sp³-hybridized carbons (Fsp3) is 0.600. The predicted octanol–water partition coefficient (Wildman–Crippen LogP) is 2.37. The molecule has 0 radical (unpaired) electrons. The van der Waals surface area contributed by atoms with Crippen molar-refractivity contribution in [3.05, 3.63) is 29.8 Å². The number of para-hydroxylation sites is 1. The number of anilines is 1. The number of carbonyl (C=O) groups is 2. The molecule has 2 amide bonds. The molecule has 2 aliphatic heterocycles. The highest BCUT2D eigenvalue weighted by Crippen LogP contribution is 2.33. The van der Waals surface area contributed by atoms with Crippen molar-refractivity contribution in [3.63, 3.8) is 0 Å². The summed E-state index contributed by atoms with van der Waals surface area (Å²) in [4.78, 5) is 27.3. The van der Waals surface area contributed by atoms with Crippen LogP contribution in [0.25, 0.3) is 0 Å². The molecule has 2 fully saturated rings. The van der Waals surface area contributed by atoms with Crippen molar-refractivity contribution in [1.29, 1.82) is 0 Å². The topological polar surface area (TPSA) is 70.7 Å². The summed E-state index contributed by atoms with van der Waals surface area (Å²) in [5.74, 6) is 0.302. The smallest absolute Gasteiger partial charge is 0.255 e. The minimum absolute atomic E-state index is 0.0330. The van der Waals surface area contributed by atoms with Gasteiger partial charge in [0.2, 0.25) is 5.91 Å². The molecule has 0 aromatic heterocycles. The Hall–Kier alpha value is -2.08. The molecule has 2 N–H and O–H groups in total. The first-order chi connectivity index (χ1) is 12.6. The highest BCUT2D eigenvalue weighted by molar-refractivity contribution is 6.02. The lowest BCUT2D eigenvalue weighted by molar-refractivity contribution is -0.139. The average molecular weight is 357 g/mol. The SMILES string of the molecule is CO[C@@H]1CCC[C@@H](C(=O)N2CCC3(CC2)NC(=O)c2ccccc2N3)C1. The number of carbonyl (C=O) groups excluding carboxylic acids is 2. The van der Waals surface area contributed by atoms with Crippen LogP contribution in [-0.2, 0) is 9.53 Å². The third kappa shape index (κ3) is 3.18. The summed E-state index contributed by atoms with van der Waals surface area (Å²) < 4.78 is 5.47. The number of hydrogen-bond acceptors (Lipinski definition) is 4. The van der Waals surface area contributed by atoms with Crippen molar-refractivity contribution in [2.75, 3.05) is 25.5 Å². The van der Waals surface area contributed by atoms with Gasteiger partial charge in [-0.1, -0.05) is 18.6 Å². The predicted molar refractivity (Wildman–Crippen MR) is 98.8 cm³/mol. The maximum Gasteiger partial charge on any atom is 0.255 e. The first kappa shape index (κ1) is 17.3. The molecule has 1 saturated carbocycles. The van der Waals surface area contributed by atoms with Crippen LogP contribution in [0, 0.1) is 5.92 Å². The molecule has 1 saturated heterocycles. The standard InChI is InChI=1S/C20H27N3O3/c1-26-15-6-4-5-14(13-15)19(25)23-11-9-20(10-12-23)21-17-8-3-2-7-16(17)18(24)22-20/h2-3,7-8,14-15,21H,4-6,9-13H2,1H3,(H,22,24)/t14-,15-/m1/s1. The van der Waals surface area contributed by atoms with E-state index in [1.807, 2.05) is 29.2 Å². The molecule has 2 atom stereocenters. The summed E-state index contributed by atoms with van der Waals surface area (Å²) in [5, 5.41) is 6.64. The van der Waals surface area contributed by atoms with E-state index < -0.39 is 5.66 Å². The number of nitrogens with one attached hydrogen (secondary N) is 2. The summed E-state index contributed by atoms with van der Waals surface area (Å²) in [5.41, 5.74) is 1.12. The number of fused-ring (bicyclic) bond motifs is 1. The first-order valence-corrected chi connectivity index (χ1v) is 9.61. The molecule has 0 bridgehead atoms. The van der Waals surface area contributed by atoms with E-state index in [2.05, 4.69) is 10.6 Å². The number of hydrogen-bond donors (Lipinski definition) is 2. The van der Waals surface area contributed by atoms with Gasteiger partial charge in [0.1, 0.15) is 5.66 Å². The van der Waals surface area contributed by atoms with Gasteiger partial charge < -0.3 is 20.3 Å². The summed E-state index contributed by atoms with van der Waals surface area (Å²) in [7, 11) is 1.73. The molecular formula is C20H27N3O3. The number of benzene rings is 1. The van der Waals surface area contributed by atoms with Crippen molar-refractivity contribution in [3.8, 4) is 0 Å². The van der Waals surface area contributed by atoms with Gasteiger partial charge in [0, 0.05) is 44.6 Å². The summed E-state index contributed by atoms with van der Waals surface area (Å²) >= 11 is 0. The van der Waals surface area contributed by atoms with E-state index in [4.69, 9.17) is 4.74 Å². The zero-order valence-electron chi connectivity index (χ0n) is 15.3.